The van der Waals surface area contributed by atoms with E-state index in [1.54, 1.807) is 36.4 Å². The van der Waals surface area contributed by atoms with Gasteiger partial charge in [-0.2, -0.15) is 0 Å². The molecule has 0 heterocycles. The second kappa shape index (κ2) is 4.57. The number of carbonyl (C=O) groups is 1. The number of hydrogen-bond donors (Lipinski definition) is 1. The monoisotopic (exact) mass is 214 g/mol. The molecule has 0 atom stereocenters. The molecule has 1 radical (unpaired) electrons. The Morgan fingerprint density at radius 1 is 1.12 bits per heavy atom. The number of amides is 1. The molecule has 0 aliphatic rings. The molecular weight excluding hydrogens is 205 g/mol. The Morgan fingerprint density at radius 3 is 2.56 bits per heavy atom. The SMILES string of the molecule is O=C(Nc1[c]cccc1)c1ccccc1F. The fraction of sp³-hybridized carbons (Fsp3) is 0. The molecule has 0 aliphatic heterocycles. The van der Waals surface area contributed by atoms with Crippen molar-refractivity contribution in [1.82, 2.24) is 0 Å². The minimum Gasteiger partial charge on any atom is -0.321 e. The lowest BCUT2D eigenvalue weighted by Crippen LogP contribution is -2.13. The Bertz CT molecular complexity index is 496. The summed E-state index contributed by atoms with van der Waals surface area (Å²) in [7, 11) is 0. The van der Waals surface area contributed by atoms with Crippen molar-refractivity contribution in [1.29, 1.82) is 0 Å². The molecule has 3 heteroatoms. The molecular formula is C13H9FNO. The molecule has 0 fully saturated rings. The normalized spacial score (nSPS) is 9.81. The molecule has 2 aromatic carbocycles. The summed E-state index contributed by atoms with van der Waals surface area (Å²) in [5, 5.41) is 2.56. The van der Waals surface area contributed by atoms with Gasteiger partial charge in [0.2, 0.25) is 0 Å². The van der Waals surface area contributed by atoms with Crippen LogP contribution < -0.4 is 5.32 Å². The van der Waals surface area contributed by atoms with Crippen molar-refractivity contribution in [2.75, 3.05) is 5.32 Å². The standard InChI is InChI=1S/C13H9FNO/c14-12-9-5-4-8-11(12)13(16)15-10-6-2-1-3-7-10/h1-6,8-9H,(H,15,16). The average Bonchev–Trinajstić information content (AvgIpc) is 2.31. The van der Waals surface area contributed by atoms with E-state index in [4.69, 9.17) is 0 Å². The van der Waals surface area contributed by atoms with E-state index < -0.39 is 11.7 Å². The maximum Gasteiger partial charge on any atom is 0.258 e. The largest absolute Gasteiger partial charge is 0.321 e. The molecule has 2 aromatic rings. The van der Waals surface area contributed by atoms with E-state index >= 15 is 0 Å². The Morgan fingerprint density at radius 2 is 1.88 bits per heavy atom. The number of hydrogen-bond acceptors (Lipinski definition) is 1. The van der Waals surface area contributed by atoms with Crippen LogP contribution in [0, 0.1) is 11.9 Å². The summed E-state index contributed by atoms with van der Waals surface area (Å²) >= 11 is 0. The lowest BCUT2D eigenvalue weighted by molar-refractivity contribution is 0.102. The van der Waals surface area contributed by atoms with Gasteiger partial charge in [-0.1, -0.05) is 30.3 Å². The van der Waals surface area contributed by atoms with Crippen LogP contribution in [0.1, 0.15) is 10.4 Å². The number of halogens is 1. The third-order valence-electron chi connectivity index (χ3n) is 2.08. The summed E-state index contributed by atoms with van der Waals surface area (Å²) in [6, 6.07) is 15.6. The van der Waals surface area contributed by atoms with Gasteiger partial charge in [-0.15, -0.1) is 0 Å². The van der Waals surface area contributed by atoms with Gasteiger partial charge in [0.15, 0.2) is 0 Å². The summed E-state index contributed by atoms with van der Waals surface area (Å²) in [6.45, 7) is 0. The second-order valence-corrected chi connectivity index (χ2v) is 3.21. The lowest BCUT2D eigenvalue weighted by atomic mass is 10.2. The van der Waals surface area contributed by atoms with E-state index in [0.717, 1.165) is 0 Å². The molecule has 0 aliphatic carbocycles. The van der Waals surface area contributed by atoms with Crippen LogP contribution in [0.2, 0.25) is 0 Å². The van der Waals surface area contributed by atoms with Gasteiger partial charge in [0.25, 0.3) is 5.91 Å². The van der Waals surface area contributed by atoms with E-state index in [0.29, 0.717) is 5.69 Å². The zero-order valence-electron chi connectivity index (χ0n) is 8.41. The smallest absolute Gasteiger partial charge is 0.258 e. The van der Waals surface area contributed by atoms with Gasteiger partial charge < -0.3 is 5.32 Å². The predicted octanol–water partition coefficient (Wildman–Crippen LogP) is 2.88. The first kappa shape index (κ1) is 10.4. The van der Waals surface area contributed by atoms with Crippen molar-refractivity contribution in [3.05, 3.63) is 66.0 Å². The summed E-state index contributed by atoms with van der Waals surface area (Å²) in [4.78, 5) is 11.7. The average molecular weight is 214 g/mol. The number of anilines is 1. The van der Waals surface area contributed by atoms with Gasteiger partial charge in [-0.25, -0.2) is 4.39 Å². The second-order valence-electron chi connectivity index (χ2n) is 3.21. The maximum absolute atomic E-state index is 13.3. The van der Waals surface area contributed by atoms with Crippen LogP contribution in [-0.4, -0.2) is 5.91 Å². The fourth-order valence-electron chi connectivity index (χ4n) is 1.31. The van der Waals surface area contributed by atoms with E-state index in [-0.39, 0.29) is 5.56 Å². The van der Waals surface area contributed by atoms with Gasteiger partial charge in [-0.3, -0.25) is 4.79 Å². The van der Waals surface area contributed by atoms with Gasteiger partial charge >= 0.3 is 0 Å². The maximum atomic E-state index is 13.3. The molecule has 0 aromatic heterocycles. The van der Waals surface area contributed by atoms with Crippen LogP contribution in [0.5, 0.6) is 0 Å². The van der Waals surface area contributed by atoms with Crippen molar-refractivity contribution >= 4 is 11.6 Å². The molecule has 16 heavy (non-hydrogen) atoms. The molecule has 79 valence electrons. The zero-order valence-corrected chi connectivity index (χ0v) is 8.41. The number of carbonyl (C=O) groups excluding carboxylic acids is 1. The first-order chi connectivity index (χ1) is 7.77. The quantitative estimate of drug-likeness (QED) is 0.818. The first-order valence-corrected chi connectivity index (χ1v) is 4.80. The van der Waals surface area contributed by atoms with E-state index in [2.05, 4.69) is 11.4 Å². The summed E-state index contributed by atoms with van der Waals surface area (Å²) in [6.07, 6.45) is 0. The van der Waals surface area contributed by atoms with Gasteiger partial charge in [0.1, 0.15) is 5.82 Å². The summed E-state index contributed by atoms with van der Waals surface area (Å²) < 4.78 is 13.3. The highest BCUT2D eigenvalue weighted by Gasteiger charge is 2.10. The molecule has 1 amide bonds. The van der Waals surface area contributed by atoms with Crippen LogP contribution in [0.4, 0.5) is 10.1 Å². The molecule has 0 saturated heterocycles. The Balaban J connectivity index is 2.19. The number of benzene rings is 2. The topological polar surface area (TPSA) is 29.1 Å². The number of para-hydroxylation sites is 1. The number of nitrogens with one attached hydrogen (secondary N) is 1. The van der Waals surface area contributed by atoms with E-state index in [1.165, 1.54) is 12.1 Å². The Hall–Kier alpha value is -2.16. The minimum absolute atomic E-state index is 0.0275. The van der Waals surface area contributed by atoms with Crippen LogP contribution in [0.25, 0.3) is 0 Å². The van der Waals surface area contributed by atoms with Crippen LogP contribution in [-0.2, 0) is 0 Å². The number of rotatable bonds is 2. The molecule has 0 unspecified atom stereocenters. The highest BCUT2D eigenvalue weighted by molar-refractivity contribution is 6.04. The summed E-state index contributed by atoms with van der Waals surface area (Å²) in [5.74, 6) is -1.00. The Labute approximate surface area is 92.7 Å². The van der Waals surface area contributed by atoms with E-state index in [9.17, 15) is 9.18 Å². The van der Waals surface area contributed by atoms with Crippen molar-refractivity contribution in [3.8, 4) is 0 Å². The van der Waals surface area contributed by atoms with Crippen molar-refractivity contribution < 1.29 is 9.18 Å². The predicted molar refractivity (Wildman–Crippen MR) is 59.6 cm³/mol. The van der Waals surface area contributed by atoms with Crippen LogP contribution in [0.15, 0.2) is 48.5 Å². The van der Waals surface area contributed by atoms with Crippen molar-refractivity contribution in [2.24, 2.45) is 0 Å². The highest BCUT2D eigenvalue weighted by atomic mass is 19.1. The van der Waals surface area contributed by atoms with Crippen LogP contribution >= 0.6 is 0 Å². The molecule has 2 nitrogen and oxygen atoms in total. The molecule has 1 N–H and O–H groups in total. The fourth-order valence-corrected chi connectivity index (χ4v) is 1.31. The van der Waals surface area contributed by atoms with Crippen LogP contribution in [0.3, 0.4) is 0 Å². The zero-order chi connectivity index (χ0) is 11.4. The van der Waals surface area contributed by atoms with Crippen molar-refractivity contribution in [2.45, 2.75) is 0 Å². The van der Waals surface area contributed by atoms with Gasteiger partial charge in [0, 0.05) is 11.8 Å². The molecule has 0 bridgehead atoms. The Kier molecular flexibility index (Phi) is 2.96. The summed E-state index contributed by atoms with van der Waals surface area (Å²) in [5.41, 5.74) is 0.551. The third-order valence-corrected chi connectivity index (χ3v) is 2.08. The lowest BCUT2D eigenvalue weighted by Gasteiger charge is -2.04. The minimum atomic E-state index is -0.532. The third kappa shape index (κ3) is 2.25. The first-order valence-electron chi connectivity index (χ1n) is 4.80. The highest BCUT2D eigenvalue weighted by Crippen LogP contribution is 2.10. The van der Waals surface area contributed by atoms with Gasteiger partial charge in [-0.05, 0) is 18.2 Å². The molecule has 0 saturated carbocycles. The van der Waals surface area contributed by atoms with E-state index in [1.807, 2.05) is 0 Å². The molecule has 0 spiro atoms. The molecule has 2 rings (SSSR count). The van der Waals surface area contributed by atoms with Crippen molar-refractivity contribution in [3.63, 3.8) is 0 Å². The van der Waals surface area contributed by atoms with Gasteiger partial charge in [0.05, 0.1) is 5.56 Å².